The summed E-state index contributed by atoms with van der Waals surface area (Å²) in [7, 11) is 0. The van der Waals surface area contributed by atoms with Crippen LogP contribution >= 0.6 is 27.7 Å². The SMILES string of the molecule is CCCC(C)NC(=O)CSc1nnc(-c2ccccc2Br)o1. The Morgan fingerprint density at radius 2 is 2.18 bits per heavy atom. The first-order valence-corrected chi connectivity index (χ1v) is 8.88. The zero-order valence-electron chi connectivity index (χ0n) is 12.5. The number of benzene rings is 1. The molecule has 0 radical (unpaired) electrons. The topological polar surface area (TPSA) is 68.0 Å². The minimum absolute atomic E-state index is 0.0217. The predicted octanol–water partition coefficient (Wildman–Crippen LogP) is 3.90. The Labute approximate surface area is 142 Å². The molecule has 1 amide bonds. The predicted molar refractivity (Wildman–Crippen MR) is 90.7 cm³/mol. The van der Waals surface area contributed by atoms with Crippen LogP contribution in [-0.2, 0) is 4.79 Å². The van der Waals surface area contributed by atoms with Gasteiger partial charge in [-0.3, -0.25) is 4.79 Å². The average Bonchev–Trinajstić information content (AvgIpc) is 2.94. The number of hydrogen-bond donors (Lipinski definition) is 1. The van der Waals surface area contributed by atoms with Crippen LogP contribution in [-0.4, -0.2) is 27.9 Å². The van der Waals surface area contributed by atoms with Gasteiger partial charge in [-0.15, -0.1) is 10.2 Å². The molecule has 118 valence electrons. The highest BCUT2D eigenvalue weighted by Gasteiger charge is 2.13. The molecule has 0 bridgehead atoms. The van der Waals surface area contributed by atoms with Crippen molar-refractivity contribution in [3.05, 3.63) is 28.7 Å². The Kier molecular flexibility index (Phi) is 6.45. The van der Waals surface area contributed by atoms with Gasteiger partial charge in [0, 0.05) is 10.5 Å². The molecular formula is C15H18BrN3O2S. The number of amides is 1. The molecule has 1 aromatic heterocycles. The molecule has 1 atom stereocenters. The fourth-order valence-electron chi connectivity index (χ4n) is 1.96. The molecule has 0 aliphatic rings. The normalized spacial score (nSPS) is 12.1. The number of carbonyl (C=O) groups is 1. The van der Waals surface area contributed by atoms with Gasteiger partial charge in [0.25, 0.3) is 5.22 Å². The summed E-state index contributed by atoms with van der Waals surface area (Å²) in [6, 6.07) is 7.82. The maximum absolute atomic E-state index is 11.8. The molecule has 0 saturated carbocycles. The molecule has 1 N–H and O–H groups in total. The van der Waals surface area contributed by atoms with Gasteiger partial charge in [0.15, 0.2) is 0 Å². The van der Waals surface area contributed by atoms with E-state index in [2.05, 4.69) is 38.4 Å². The van der Waals surface area contributed by atoms with Crippen LogP contribution in [0, 0.1) is 0 Å². The fraction of sp³-hybridized carbons (Fsp3) is 0.400. The average molecular weight is 384 g/mol. The van der Waals surface area contributed by atoms with E-state index in [9.17, 15) is 4.79 Å². The second-order valence-electron chi connectivity index (χ2n) is 4.90. The highest BCUT2D eigenvalue weighted by Crippen LogP contribution is 2.28. The van der Waals surface area contributed by atoms with Gasteiger partial charge in [0.1, 0.15) is 0 Å². The molecule has 5 nitrogen and oxygen atoms in total. The van der Waals surface area contributed by atoms with Crippen LogP contribution in [0.4, 0.5) is 0 Å². The highest BCUT2D eigenvalue weighted by molar-refractivity contribution is 9.10. The third-order valence-electron chi connectivity index (χ3n) is 2.97. The van der Waals surface area contributed by atoms with Crippen LogP contribution in [0.2, 0.25) is 0 Å². The smallest absolute Gasteiger partial charge is 0.277 e. The number of rotatable bonds is 7. The van der Waals surface area contributed by atoms with Crippen molar-refractivity contribution in [2.24, 2.45) is 0 Å². The number of thioether (sulfide) groups is 1. The Morgan fingerprint density at radius 1 is 1.41 bits per heavy atom. The second-order valence-corrected chi connectivity index (χ2v) is 6.68. The van der Waals surface area contributed by atoms with Crippen molar-refractivity contribution >= 4 is 33.6 Å². The highest BCUT2D eigenvalue weighted by atomic mass is 79.9. The van der Waals surface area contributed by atoms with Gasteiger partial charge in [0.2, 0.25) is 11.8 Å². The molecule has 2 aromatic rings. The van der Waals surface area contributed by atoms with E-state index in [4.69, 9.17) is 4.42 Å². The van der Waals surface area contributed by atoms with Gasteiger partial charge in [-0.1, -0.05) is 37.2 Å². The summed E-state index contributed by atoms with van der Waals surface area (Å²) in [4.78, 5) is 11.8. The number of hydrogen-bond acceptors (Lipinski definition) is 5. The van der Waals surface area contributed by atoms with Crippen molar-refractivity contribution in [2.75, 3.05) is 5.75 Å². The lowest BCUT2D eigenvalue weighted by molar-refractivity contribution is -0.119. The van der Waals surface area contributed by atoms with Gasteiger partial charge in [-0.05, 0) is 41.4 Å². The maximum atomic E-state index is 11.8. The zero-order chi connectivity index (χ0) is 15.9. The van der Waals surface area contributed by atoms with Gasteiger partial charge >= 0.3 is 0 Å². The summed E-state index contributed by atoms with van der Waals surface area (Å²) < 4.78 is 6.47. The van der Waals surface area contributed by atoms with E-state index in [0.717, 1.165) is 22.9 Å². The van der Waals surface area contributed by atoms with Crippen molar-refractivity contribution in [2.45, 2.75) is 38.0 Å². The van der Waals surface area contributed by atoms with Crippen molar-refractivity contribution in [3.8, 4) is 11.5 Å². The van der Waals surface area contributed by atoms with Crippen LogP contribution in [0.25, 0.3) is 11.5 Å². The van der Waals surface area contributed by atoms with Crippen LogP contribution in [0.1, 0.15) is 26.7 Å². The van der Waals surface area contributed by atoms with Gasteiger partial charge < -0.3 is 9.73 Å². The lowest BCUT2D eigenvalue weighted by Crippen LogP contribution is -2.33. The summed E-state index contributed by atoms with van der Waals surface area (Å²) in [6.07, 6.45) is 2.02. The standard InChI is InChI=1S/C15H18BrN3O2S/c1-3-6-10(2)17-13(20)9-22-15-19-18-14(21-15)11-7-4-5-8-12(11)16/h4-5,7-8,10H,3,6,9H2,1-2H3,(H,17,20). The molecule has 1 aromatic carbocycles. The lowest BCUT2D eigenvalue weighted by atomic mass is 10.2. The molecule has 0 aliphatic heterocycles. The van der Waals surface area contributed by atoms with E-state index in [1.807, 2.05) is 31.2 Å². The molecule has 22 heavy (non-hydrogen) atoms. The van der Waals surface area contributed by atoms with Crippen LogP contribution in [0.5, 0.6) is 0 Å². The third kappa shape index (κ3) is 4.84. The summed E-state index contributed by atoms with van der Waals surface area (Å²) in [5, 5.41) is 11.3. The Hall–Kier alpha value is -1.34. The summed E-state index contributed by atoms with van der Waals surface area (Å²) >= 11 is 4.69. The monoisotopic (exact) mass is 383 g/mol. The number of nitrogens with one attached hydrogen (secondary N) is 1. The van der Waals surface area contributed by atoms with Gasteiger partial charge in [-0.2, -0.15) is 0 Å². The molecule has 7 heteroatoms. The number of aromatic nitrogens is 2. The molecule has 0 saturated heterocycles. The molecule has 0 spiro atoms. The number of carbonyl (C=O) groups excluding carboxylic acids is 1. The van der Waals surface area contributed by atoms with Gasteiger partial charge in [0.05, 0.1) is 11.3 Å². The third-order valence-corrected chi connectivity index (χ3v) is 4.48. The van der Waals surface area contributed by atoms with E-state index in [0.29, 0.717) is 11.1 Å². The Morgan fingerprint density at radius 3 is 2.91 bits per heavy atom. The van der Waals surface area contributed by atoms with E-state index < -0.39 is 0 Å². The van der Waals surface area contributed by atoms with Crippen molar-refractivity contribution < 1.29 is 9.21 Å². The number of nitrogens with zero attached hydrogens (tertiary/aromatic N) is 2. The van der Waals surface area contributed by atoms with Crippen LogP contribution < -0.4 is 5.32 Å². The molecule has 2 rings (SSSR count). The first-order chi connectivity index (χ1) is 10.6. The minimum Gasteiger partial charge on any atom is -0.411 e. The van der Waals surface area contributed by atoms with E-state index >= 15 is 0 Å². The molecule has 1 unspecified atom stereocenters. The Balaban J connectivity index is 1.90. The van der Waals surface area contributed by atoms with Crippen molar-refractivity contribution in [1.82, 2.24) is 15.5 Å². The quantitative estimate of drug-likeness (QED) is 0.734. The summed E-state index contributed by atoms with van der Waals surface area (Å²) in [5.74, 6) is 0.687. The zero-order valence-corrected chi connectivity index (χ0v) is 14.9. The van der Waals surface area contributed by atoms with Crippen LogP contribution in [0.15, 0.2) is 38.4 Å². The molecule has 0 fully saturated rings. The Bertz CT molecular complexity index is 633. The van der Waals surface area contributed by atoms with E-state index in [1.165, 1.54) is 11.8 Å². The minimum atomic E-state index is -0.0217. The number of halogens is 1. The lowest BCUT2D eigenvalue weighted by Gasteiger charge is -2.11. The molecular weight excluding hydrogens is 366 g/mol. The first-order valence-electron chi connectivity index (χ1n) is 7.10. The van der Waals surface area contributed by atoms with Gasteiger partial charge in [-0.25, -0.2) is 0 Å². The van der Waals surface area contributed by atoms with Crippen LogP contribution in [0.3, 0.4) is 0 Å². The summed E-state index contributed by atoms with van der Waals surface area (Å²) in [6.45, 7) is 4.10. The van der Waals surface area contributed by atoms with E-state index in [1.54, 1.807) is 0 Å². The molecule has 1 heterocycles. The fourth-order valence-corrected chi connectivity index (χ4v) is 2.99. The van der Waals surface area contributed by atoms with Crippen molar-refractivity contribution in [1.29, 1.82) is 0 Å². The maximum Gasteiger partial charge on any atom is 0.277 e. The van der Waals surface area contributed by atoms with Crippen molar-refractivity contribution in [3.63, 3.8) is 0 Å². The summed E-state index contributed by atoms with van der Waals surface area (Å²) in [5.41, 5.74) is 0.836. The van der Waals surface area contributed by atoms with E-state index in [-0.39, 0.29) is 17.7 Å². The molecule has 0 aliphatic carbocycles. The first kappa shape index (κ1) is 17.0. The second kappa shape index (κ2) is 8.33. The largest absolute Gasteiger partial charge is 0.411 e.